The fourth-order valence-corrected chi connectivity index (χ4v) is 3.37. The summed E-state index contributed by atoms with van der Waals surface area (Å²) in [6, 6.07) is 9.37. The molecule has 1 aromatic carbocycles. The average Bonchev–Trinajstić information content (AvgIpc) is 3.10. The van der Waals surface area contributed by atoms with Crippen LogP contribution in [0.2, 0.25) is 0 Å². The number of piperidine rings is 1. The number of carbonyl (C=O) groups excluding carboxylic acids is 1. The Labute approximate surface area is 159 Å². The van der Waals surface area contributed by atoms with Crippen LogP contribution in [0.5, 0.6) is 0 Å². The Morgan fingerprint density at radius 2 is 2.00 bits per heavy atom. The normalized spacial score (nSPS) is 16.8. The molecule has 1 aromatic heterocycles. The summed E-state index contributed by atoms with van der Waals surface area (Å²) in [6.07, 6.45) is 2.34. The molecule has 0 radical (unpaired) electrons. The molecule has 0 aliphatic carbocycles. The van der Waals surface area contributed by atoms with E-state index in [4.69, 9.17) is 4.42 Å². The van der Waals surface area contributed by atoms with E-state index in [9.17, 15) is 14.7 Å². The molecule has 144 valence electrons. The molecule has 1 atom stereocenters. The zero-order valence-electron chi connectivity index (χ0n) is 15.8. The van der Waals surface area contributed by atoms with Crippen molar-refractivity contribution >= 4 is 11.9 Å². The van der Waals surface area contributed by atoms with Crippen molar-refractivity contribution in [2.45, 2.75) is 39.3 Å². The summed E-state index contributed by atoms with van der Waals surface area (Å²) in [7, 11) is 0. The van der Waals surface area contributed by atoms with Gasteiger partial charge in [-0.3, -0.25) is 9.69 Å². The van der Waals surface area contributed by atoms with Crippen LogP contribution in [0.3, 0.4) is 0 Å². The minimum absolute atomic E-state index is 0.134. The smallest absolute Gasteiger partial charge is 0.330 e. The topological polar surface area (TPSA) is 82.8 Å². The van der Waals surface area contributed by atoms with E-state index in [0.717, 1.165) is 30.3 Å². The third-order valence-electron chi connectivity index (χ3n) is 5.04. The van der Waals surface area contributed by atoms with E-state index in [0.29, 0.717) is 12.1 Å². The molecule has 0 saturated carbocycles. The van der Waals surface area contributed by atoms with E-state index in [2.05, 4.69) is 17.1 Å². The highest BCUT2D eigenvalue weighted by Crippen LogP contribution is 2.20. The van der Waals surface area contributed by atoms with Gasteiger partial charge in [0.2, 0.25) is 0 Å². The summed E-state index contributed by atoms with van der Waals surface area (Å²) in [6.45, 7) is 6.86. The van der Waals surface area contributed by atoms with Gasteiger partial charge in [0.1, 0.15) is 5.76 Å². The van der Waals surface area contributed by atoms with Gasteiger partial charge in [0.15, 0.2) is 11.8 Å². The molecule has 6 heteroatoms. The van der Waals surface area contributed by atoms with Crippen LogP contribution in [0.15, 0.2) is 40.8 Å². The highest BCUT2D eigenvalue weighted by molar-refractivity contribution is 5.94. The van der Waals surface area contributed by atoms with Crippen LogP contribution >= 0.6 is 0 Å². The van der Waals surface area contributed by atoms with E-state index in [-0.39, 0.29) is 5.76 Å². The standard InChI is InChI=1S/C21H26N2O4/c1-14-8-10-23(11-9-14)13-17-6-7-18(27-17)20(24)22-19(21(25)26)16-5-3-4-15(2)12-16/h3-7,12,14,19H,8-11,13H2,1-2H3,(H,22,24)(H,25,26)/t19-/m1/s1. The number of carboxylic acid groups (broad SMARTS) is 1. The lowest BCUT2D eigenvalue weighted by Crippen LogP contribution is -2.33. The van der Waals surface area contributed by atoms with Crippen molar-refractivity contribution in [2.24, 2.45) is 5.92 Å². The second kappa shape index (κ2) is 8.39. The van der Waals surface area contributed by atoms with Crippen molar-refractivity contribution < 1.29 is 19.1 Å². The van der Waals surface area contributed by atoms with Gasteiger partial charge in [-0.15, -0.1) is 0 Å². The minimum atomic E-state index is -1.12. The Morgan fingerprint density at radius 3 is 2.67 bits per heavy atom. The van der Waals surface area contributed by atoms with Gasteiger partial charge in [0.25, 0.3) is 5.91 Å². The SMILES string of the molecule is Cc1cccc([C@@H](NC(=O)c2ccc(CN3CCC(C)CC3)o2)C(=O)O)c1. The van der Waals surface area contributed by atoms with Gasteiger partial charge < -0.3 is 14.8 Å². The predicted molar refractivity (Wildman–Crippen MR) is 101 cm³/mol. The summed E-state index contributed by atoms with van der Waals surface area (Å²) >= 11 is 0. The third-order valence-corrected chi connectivity index (χ3v) is 5.04. The maximum absolute atomic E-state index is 12.5. The summed E-state index contributed by atoms with van der Waals surface area (Å²) in [4.78, 5) is 26.4. The monoisotopic (exact) mass is 370 g/mol. The average molecular weight is 370 g/mol. The maximum atomic E-state index is 12.5. The number of carboxylic acids is 1. The number of amides is 1. The Balaban J connectivity index is 1.65. The van der Waals surface area contributed by atoms with Gasteiger partial charge in [-0.1, -0.05) is 36.8 Å². The summed E-state index contributed by atoms with van der Waals surface area (Å²) in [5, 5.41) is 12.1. The van der Waals surface area contributed by atoms with E-state index in [1.54, 1.807) is 30.3 Å². The maximum Gasteiger partial charge on any atom is 0.330 e. The number of likely N-dealkylation sites (tertiary alicyclic amines) is 1. The zero-order valence-corrected chi connectivity index (χ0v) is 15.8. The highest BCUT2D eigenvalue weighted by Gasteiger charge is 2.24. The minimum Gasteiger partial charge on any atom is -0.479 e. The fourth-order valence-electron chi connectivity index (χ4n) is 3.37. The second-order valence-corrected chi connectivity index (χ2v) is 7.38. The number of rotatable bonds is 6. The molecule has 2 N–H and O–H groups in total. The Kier molecular flexibility index (Phi) is 5.96. The number of aliphatic carboxylic acids is 1. The number of carbonyl (C=O) groups is 2. The molecule has 2 heterocycles. The molecule has 1 aliphatic rings. The summed E-state index contributed by atoms with van der Waals surface area (Å²) in [5.74, 6) is -0.0224. The van der Waals surface area contributed by atoms with Crippen molar-refractivity contribution in [1.82, 2.24) is 10.2 Å². The van der Waals surface area contributed by atoms with Crippen LogP contribution in [0, 0.1) is 12.8 Å². The van der Waals surface area contributed by atoms with Crippen molar-refractivity contribution in [3.63, 3.8) is 0 Å². The van der Waals surface area contributed by atoms with Crippen LogP contribution < -0.4 is 5.32 Å². The predicted octanol–water partition coefficient (Wildman–Crippen LogP) is 3.38. The van der Waals surface area contributed by atoms with Crippen molar-refractivity contribution in [1.29, 1.82) is 0 Å². The van der Waals surface area contributed by atoms with Gasteiger partial charge in [-0.2, -0.15) is 0 Å². The molecule has 0 bridgehead atoms. The second-order valence-electron chi connectivity index (χ2n) is 7.38. The molecule has 1 aliphatic heterocycles. The lowest BCUT2D eigenvalue weighted by Gasteiger charge is -2.29. The fraction of sp³-hybridized carbons (Fsp3) is 0.429. The Hall–Kier alpha value is -2.60. The van der Waals surface area contributed by atoms with Crippen LogP contribution in [0.25, 0.3) is 0 Å². The summed E-state index contributed by atoms with van der Waals surface area (Å²) < 4.78 is 5.67. The van der Waals surface area contributed by atoms with Gasteiger partial charge in [-0.05, 0) is 56.5 Å². The number of benzene rings is 1. The van der Waals surface area contributed by atoms with Crippen LogP contribution in [-0.4, -0.2) is 35.0 Å². The van der Waals surface area contributed by atoms with E-state index in [1.165, 1.54) is 12.8 Å². The Morgan fingerprint density at radius 1 is 1.26 bits per heavy atom. The molecule has 0 unspecified atom stereocenters. The van der Waals surface area contributed by atoms with Gasteiger partial charge in [0.05, 0.1) is 6.54 Å². The van der Waals surface area contributed by atoms with Crippen LogP contribution in [0.1, 0.15) is 53.2 Å². The Bertz CT molecular complexity index is 806. The van der Waals surface area contributed by atoms with Crippen LogP contribution in [-0.2, 0) is 11.3 Å². The lowest BCUT2D eigenvalue weighted by molar-refractivity contribution is -0.139. The number of furan rings is 1. The van der Waals surface area contributed by atoms with Gasteiger partial charge >= 0.3 is 5.97 Å². The van der Waals surface area contributed by atoms with E-state index < -0.39 is 17.9 Å². The van der Waals surface area contributed by atoms with Gasteiger partial charge in [-0.25, -0.2) is 4.79 Å². The molecule has 27 heavy (non-hydrogen) atoms. The number of nitrogens with zero attached hydrogens (tertiary/aromatic N) is 1. The van der Waals surface area contributed by atoms with Gasteiger partial charge in [0, 0.05) is 0 Å². The van der Waals surface area contributed by atoms with E-state index >= 15 is 0 Å². The molecule has 3 rings (SSSR count). The third kappa shape index (κ3) is 4.98. The number of hydrogen-bond donors (Lipinski definition) is 2. The summed E-state index contributed by atoms with van der Waals surface area (Å²) in [5.41, 5.74) is 1.47. The zero-order chi connectivity index (χ0) is 19.4. The quantitative estimate of drug-likeness (QED) is 0.815. The van der Waals surface area contributed by atoms with Crippen molar-refractivity contribution in [3.05, 3.63) is 59.0 Å². The number of nitrogens with one attached hydrogen (secondary N) is 1. The van der Waals surface area contributed by atoms with E-state index in [1.807, 2.05) is 13.0 Å². The van der Waals surface area contributed by atoms with Crippen molar-refractivity contribution in [2.75, 3.05) is 13.1 Å². The first-order valence-electron chi connectivity index (χ1n) is 9.33. The molecular formula is C21H26N2O4. The highest BCUT2D eigenvalue weighted by atomic mass is 16.4. The first-order valence-corrected chi connectivity index (χ1v) is 9.33. The molecule has 0 spiro atoms. The molecule has 1 saturated heterocycles. The van der Waals surface area contributed by atoms with Crippen LogP contribution in [0.4, 0.5) is 0 Å². The molecule has 1 fully saturated rings. The lowest BCUT2D eigenvalue weighted by atomic mass is 9.99. The molecule has 6 nitrogen and oxygen atoms in total. The molecular weight excluding hydrogens is 344 g/mol. The number of hydrogen-bond acceptors (Lipinski definition) is 4. The largest absolute Gasteiger partial charge is 0.479 e. The first kappa shape index (κ1) is 19.2. The molecule has 1 amide bonds. The molecule has 2 aromatic rings. The van der Waals surface area contributed by atoms with Crippen molar-refractivity contribution in [3.8, 4) is 0 Å². The number of aryl methyl sites for hydroxylation is 1. The first-order chi connectivity index (χ1) is 12.9.